The van der Waals surface area contributed by atoms with Gasteiger partial charge in [0, 0.05) is 12.1 Å². The number of hydrazine groups is 1. The summed E-state index contributed by atoms with van der Waals surface area (Å²) in [4.78, 5) is 33.8. The molecule has 0 spiro atoms. The number of nitro groups is 1. The van der Waals surface area contributed by atoms with E-state index in [1.165, 1.54) is 42.7 Å². The van der Waals surface area contributed by atoms with Crippen molar-refractivity contribution in [2.45, 2.75) is 0 Å². The number of carbonyl (C=O) groups excluding carboxylic acids is 2. The second kappa shape index (κ2) is 8.36. The van der Waals surface area contributed by atoms with Crippen molar-refractivity contribution in [3.05, 3.63) is 70.2 Å². The van der Waals surface area contributed by atoms with Crippen LogP contribution in [0.4, 0.5) is 5.69 Å². The van der Waals surface area contributed by atoms with Crippen LogP contribution in [0.1, 0.15) is 16.1 Å². The summed E-state index contributed by atoms with van der Waals surface area (Å²) in [5, 5.41) is 13.0. The number of hydrogen-bond acceptors (Lipinski definition) is 6. The Kier molecular flexibility index (Phi) is 5.96. The molecular weight excluding hydrogens is 348 g/mol. The summed E-state index contributed by atoms with van der Waals surface area (Å²) >= 11 is 4.85. The Morgan fingerprint density at radius 3 is 2.60 bits per heavy atom. The number of carbonyl (C=O) groups is 2. The normalized spacial score (nSPS) is 10.2. The van der Waals surface area contributed by atoms with Crippen molar-refractivity contribution in [2.24, 2.45) is 0 Å². The van der Waals surface area contributed by atoms with Crippen LogP contribution in [0, 0.1) is 10.1 Å². The van der Waals surface area contributed by atoms with Crippen LogP contribution in [0.2, 0.25) is 0 Å². The van der Waals surface area contributed by atoms with Gasteiger partial charge in [0.2, 0.25) is 5.91 Å². The van der Waals surface area contributed by atoms with Crippen LogP contribution in [0.15, 0.2) is 53.2 Å². The van der Waals surface area contributed by atoms with Crippen molar-refractivity contribution in [1.29, 1.82) is 0 Å². The standard InChI is InChI=1S/C15H12N4O5S/c20-13(8-7-10-4-3-9-24-10)16-15(25)18-17-14(21)11-5-1-2-6-12(11)19(22)23/h1-9H,(H,17,21)(H2,16,18,20,25)/b8-7+. The molecule has 128 valence electrons. The molecule has 0 bridgehead atoms. The second-order valence-corrected chi connectivity index (χ2v) is 4.93. The van der Waals surface area contributed by atoms with Crippen molar-refractivity contribution in [1.82, 2.24) is 16.2 Å². The molecule has 0 aliphatic carbocycles. The lowest BCUT2D eigenvalue weighted by atomic mass is 10.2. The van der Waals surface area contributed by atoms with Crippen molar-refractivity contribution in [2.75, 3.05) is 0 Å². The van der Waals surface area contributed by atoms with E-state index in [9.17, 15) is 19.7 Å². The number of furan rings is 1. The Morgan fingerprint density at radius 2 is 1.92 bits per heavy atom. The van der Waals surface area contributed by atoms with E-state index in [0.29, 0.717) is 5.76 Å². The number of amides is 2. The maximum Gasteiger partial charge on any atom is 0.282 e. The molecule has 25 heavy (non-hydrogen) atoms. The van der Waals surface area contributed by atoms with Gasteiger partial charge in [-0.05, 0) is 36.5 Å². The Bertz CT molecular complexity index is 832. The summed E-state index contributed by atoms with van der Waals surface area (Å²) < 4.78 is 5.02. The molecule has 0 aliphatic rings. The number of para-hydroxylation sites is 1. The molecule has 0 fully saturated rings. The zero-order chi connectivity index (χ0) is 18.2. The van der Waals surface area contributed by atoms with Gasteiger partial charge in [0.15, 0.2) is 5.11 Å². The highest BCUT2D eigenvalue weighted by Gasteiger charge is 2.19. The third-order valence-corrected chi connectivity index (χ3v) is 3.02. The molecule has 0 aliphatic heterocycles. The molecule has 2 rings (SSSR count). The number of thiocarbonyl (C=S) groups is 1. The zero-order valence-electron chi connectivity index (χ0n) is 12.6. The number of nitrogens with one attached hydrogen (secondary N) is 3. The van der Waals surface area contributed by atoms with E-state index in [0.717, 1.165) is 0 Å². The van der Waals surface area contributed by atoms with E-state index in [1.54, 1.807) is 12.1 Å². The molecule has 0 unspecified atom stereocenters. The molecule has 10 heteroatoms. The number of hydrogen-bond donors (Lipinski definition) is 3. The van der Waals surface area contributed by atoms with Gasteiger partial charge in [0.1, 0.15) is 11.3 Å². The minimum absolute atomic E-state index is 0.146. The fourth-order valence-electron chi connectivity index (χ4n) is 1.73. The van der Waals surface area contributed by atoms with Gasteiger partial charge in [-0.2, -0.15) is 0 Å². The summed E-state index contributed by atoms with van der Waals surface area (Å²) in [7, 11) is 0. The minimum Gasteiger partial charge on any atom is -0.465 e. The quantitative estimate of drug-likeness (QED) is 0.327. The summed E-state index contributed by atoms with van der Waals surface area (Å²) in [6.45, 7) is 0. The van der Waals surface area contributed by atoms with Gasteiger partial charge in [0.05, 0.1) is 11.2 Å². The van der Waals surface area contributed by atoms with Crippen LogP contribution >= 0.6 is 12.2 Å². The van der Waals surface area contributed by atoms with Gasteiger partial charge < -0.3 is 4.42 Å². The van der Waals surface area contributed by atoms with Gasteiger partial charge >= 0.3 is 0 Å². The third kappa shape index (κ3) is 5.25. The first-order valence-electron chi connectivity index (χ1n) is 6.83. The van der Waals surface area contributed by atoms with Crippen LogP contribution in [-0.4, -0.2) is 21.9 Å². The Labute approximate surface area is 146 Å². The molecule has 9 nitrogen and oxygen atoms in total. The van der Waals surface area contributed by atoms with Crippen LogP contribution in [0.3, 0.4) is 0 Å². The van der Waals surface area contributed by atoms with Crippen LogP contribution in [0.5, 0.6) is 0 Å². The lowest BCUT2D eigenvalue weighted by Gasteiger charge is -2.09. The second-order valence-electron chi connectivity index (χ2n) is 4.52. The van der Waals surface area contributed by atoms with Gasteiger partial charge in [-0.3, -0.25) is 35.9 Å². The third-order valence-electron chi connectivity index (χ3n) is 2.81. The highest BCUT2D eigenvalue weighted by Crippen LogP contribution is 2.16. The van der Waals surface area contributed by atoms with E-state index < -0.39 is 16.7 Å². The predicted molar refractivity (Wildman–Crippen MR) is 92.2 cm³/mol. The SMILES string of the molecule is O=C(/C=C/c1ccco1)NC(=S)NNC(=O)c1ccccc1[N+](=O)[O-]. The summed E-state index contributed by atoms with van der Waals surface area (Å²) in [6.07, 6.45) is 4.09. The first-order valence-corrected chi connectivity index (χ1v) is 7.24. The molecular formula is C15H12N4O5S. The van der Waals surface area contributed by atoms with E-state index in [2.05, 4.69) is 16.2 Å². The fraction of sp³-hybridized carbons (Fsp3) is 0. The van der Waals surface area contributed by atoms with E-state index in [1.807, 2.05) is 0 Å². The average Bonchev–Trinajstić information content (AvgIpc) is 3.11. The molecule has 1 heterocycles. The van der Waals surface area contributed by atoms with E-state index in [-0.39, 0.29) is 16.4 Å². The lowest BCUT2D eigenvalue weighted by Crippen LogP contribution is -2.48. The minimum atomic E-state index is -0.768. The van der Waals surface area contributed by atoms with Gasteiger partial charge in [0.25, 0.3) is 11.6 Å². The molecule has 0 saturated heterocycles. The van der Waals surface area contributed by atoms with Crippen molar-refractivity contribution >= 4 is 40.9 Å². The monoisotopic (exact) mass is 360 g/mol. The molecule has 3 N–H and O–H groups in total. The van der Waals surface area contributed by atoms with Crippen LogP contribution in [-0.2, 0) is 4.79 Å². The average molecular weight is 360 g/mol. The topological polar surface area (TPSA) is 127 Å². The largest absolute Gasteiger partial charge is 0.465 e. The van der Waals surface area contributed by atoms with Crippen LogP contribution in [0.25, 0.3) is 6.08 Å². The van der Waals surface area contributed by atoms with Gasteiger partial charge in [-0.15, -0.1) is 0 Å². The fourth-order valence-corrected chi connectivity index (χ4v) is 1.89. The maximum atomic E-state index is 12.0. The van der Waals surface area contributed by atoms with Crippen molar-refractivity contribution in [3.8, 4) is 0 Å². The van der Waals surface area contributed by atoms with Gasteiger partial charge in [-0.1, -0.05) is 12.1 Å². The highest BCUT2D eigenvalue weighted by molar-refractivity contribution is 7.80. The predicted octanol–water partition coefficient (Wildman–Crippen LogP) is 1.54. The molecule has 2 amide bonds. The first-order chi connectivity index (χ1) is 12.0. The Morgan fingerprint density at radius 1 is 1.16 bits per heavy atom. The number of benzene rings is 1. The Balaban J connectivity index is 1.86. The van der Waals surface area contributed by atoms with Crippen LogP contribution < -0.4 is 16.2 Å². The first kappa shape index (κ1) is 17.8. The summed E-state index contributed by atoms with van der Waals surface area (Å²) in [5.41, 5.74) is 3.97. The smallest absolute Gasteiger partial charge is 0.282 e. The summed E-state index contributed by atoms with van der Waals surface area (Å²) in [5.74, 6) is -0.831. The van der Waals surface area contributed by atoms with Crippen molar-refractivity contribution < 1.29 is 18.9 Å². The highest BCUT2D eigenvalue weighted by atomic mass is 32.1. The number of rotatable bonds is 4. The lowest BCUT2D eigenvalue weighted by molar-refractivity contribution is -0.385. The molecule has 2 aromatic rings. The zero-order valence-corrected chi connectivity index (χ0v) is 13.4. The van der Waals surface area contributed by atoms with E-state index >= 15 is 0 Å². The molecule has 1 aromatic heterocycles. The molecule has 0 saturated carbocycles. The summed E-state index contributed by atoms with van der Waals surface area (Å²) in [6, 6.07) is 8.76. The van der Waals surface area contributed by atoms with Gasteiger partial charge in [-0.25, -0.2) is 0 Å². The molecule has 1 aromatic carbocycles. The van der Waals surface area contributed by atoms with Crippen molar-refractivity contribution in [3.63, 3.8) is 0 Å². The Hall–Kier alpha value is -3.53. The molecule has 0 atom stereocenters. The maximum absolute atomic E-state index is 12.0. The number of nitro benzene ring substituents is 1. The number of nitrogens with zero attached hydrogens (tertiary/aromatic N) is 1. The van der Waals surface area contributed by atoms with E-state index in [4.69, 9.17) is 16.6 Å². The molecule has 0 radical (unpaired) electrons.